The summed E-state index contributed by atoms with van der Waals surface area (Å²) in [5.41, 5.74) is 0. The van der Waals surface area contributed by atoms with E-state index in [-0.39, 0.29) is 6.42 Å². The van der Waals surface area contributed by atoms with Crippen molar-refractivity contribution >= 4 is 12.3 Å². The van der Waals surface area contributed by atoms with Gasteiger partial charge >= 0.3 is 5.97 Å². The van der Waals surface area contributed by atoms with E-state index >= 15 is 0 Å². The Bertz CT molecular complexity index is 275. The van der Waals surface area contributed by atoms with Crippen LogP contribution in [0.1, 0.15) is 29.7 Å². The summed E-state index contributed by atoms with van der Waals surface area (Å²) < 4.78 is 4.86. The van der Waals surface area contributed by atoms with E-state index < -0.39 is 5.97 Å². The lowest BCUT2D eigenvalue weighted by molar-refractivity contribution is -0.136. The van der Waals surface area contributed by atoms with Crippen LogP contribution in [0.3, 0.4) is 0 Å². The zero-order chi connectivity index (χ0) is 10.3. The number of aldehydes is 1. The summed E-state index contributed by atoms with van der Waals surface area (Å²) in [6.45, 7) is 3.40. The molecule has 0 unspecified atom stereocenters. The number of carboxylic acids is 1. The molecule has 0 aliphatic rings. The number of carboxylic acid groups (broad SMARTS) is 1. The van der Waals surface area contributed by atoms with Gasteiger partial charge in [-0.1, -0.05) is 6.92 Å². The molecule has 0 spiro atoms. The maximum Gasteiger partial charge on any atom is 0.303 e. The van der Waals surface area contributed by atoms with Crippen LogP contribution in [0.25, 0.3) is 0 Å². The largest absolute Gasteiger partial charge is 0.481 e. The van der Waals surface area contributed by atoms with Crippen LogP contribution in [0.4, 0.5) is 0 Å². The molecule has 4 nitrogen and oxygen atoms in total. The van der Waals surface area contributed by atoms with Gasteiger partial charge in [-0.2, -0.15) is 0 Å². The fraction of sp³-hybridized carbons (Fsp3) is 0.333. The first-order valence-corrected chi connectivity index (χ1v) is 3.83. The van der Waals surface area contributed by atoms with Gasteiger partial charge in [0.05, 0.1) is 0 Å². The molecule has 0 aliphatic heterocycles. The molecule has 0 bridgehead atoms. The molecule has 0 aromatic carbocycles. The normalized spacial score (nSPS) is 8.46. The average molecular weight is 184 g/mol. The second-order valence-electron chi connectivity index (χ2n) is 2.31. The molecule has 1 aromatic rings. The molecule has 72 valence electrons. The second kappa shape index (κ2) is 5.99. The number of furan rings is 1. The Morgan fingerprint density at radius 2 is 2.15 bits per heavy atom. The van der Waals surface area contributed by atoms with Crippen LogP contribution in [0.2, 0.25) is 0 Å². The molecule has 0 radical (unpaired) electrons. The van der Waals surface area contributed by atoms with Crippen LogP contribution >= 0.6 is 0 Å². The van der Waals surface area contributed by atoms with Crippen molar-refractivity contribution in [3.8, 4) is 0 Å². The molecule has 1 heterocycles. The summed E-state index contributed by atoms with van der Waals surface area (Å²) >= 11 is 0. The number of aryl methyl sites for hydroxylation is 1. The predicted octanol–water partition coefficient (Wildman–Crippen LogP) is 1.88. The molecule has 0 fully saturated rings. The maximum absolute atomic E-state index is 9.93. The number of hydrogen-bond acceptors (Lipinski definition) is 3. The molecular weight excluding hydrogens is 172 g/mol. The minimum absolute atomic E-state index is 0.222. The first kappa shape index (κ1) is 11.4. The first-order valence-electron chi connectivity index (χ1n) is 3.83. The third-order valence-electron chi connectivity index (χ3n) is 1.18. The Kier molecular flexibility index (Phi) is 5.27. The van der Waals surface area contributed by atoms with E-state index in [2.05, 4.69) is 0 Å². The average Bonchev–Trinajstić information content (AvgIpc) is 2.52. The topological polar surface area (TPSA) is 67.5 Å². The third kappa shape index (κ3) is 5.66. The van der Waals surface area contributed by atoms with Gasteiger partial charge in [0.15, 0.2) is 12.0 Å². The van der Waals surface area contributed by atoms with Crippen LogP contribution in [-0.2, 0) is 4.79 Å². The quantitative estimate of drug-likeness (QED) is 0.712. The van der Waals surface area contributed by atoms with Gasteiger partial charge in [0.25, 0.3) is 0 Å². The highest BCUT2D eigenvalue weighted by Crippen LogP contribution is 2.01. The Labute approximate surface area is 76.2 Å². The molecule has 1 aromatic heterocycles. The van der Waals surface area contributed by atoms with E-state index in [1.54, 1.807) is 26.0 Å². The highest BCUT2D eigenvalue weighted by molar-refractivity contribution is 5.70. The van der Waals surface area contributed by atoms with Crippen molar-refractivity contribution in [1.29, 1.82) is 0 Å². The van der Waals surface area contributed by atoms with Gasteiger partial charge in [-0.15, -0.1) is 0 Å². The molecule has 0 saturated carbocycles. The minimum Gasteiger partial charge on any atom is -0.481 e. The summed E-state index contributed by atoms with van der Waals surface area (Å²) in [5, 5.41) is 7.72. The summed E-state index contributed by atoms with van der Waals surface area (Å²) in [6, 6.07) is 3.39. The molecule has 0 amide bonds. The molecular formula is C9H12O4. The zero-order valence-corrected chi connectivity index (χ0v) is 7.61. The van der Waals surface area contributed by atoms with Crippen molar-refractivity contribution in [1.82, 2.24) is 0 Å². The number of aliphatic carboxylic acids is 1. The maximum atomic E-state index is 9.93. The Morgan fingerprint density at radius 1 is 1.62 bits per heavy atom. The van der Waals surface area contributed by atoms with Crippen molar-refractivity contribution in [3.05, 3.63) is 23.7 Å². The second-order valence-corrected chi connectivity index (χ2v) is 2.31. The minimum atomic E-state index is -0.745. The molecule has 0 atom stereocenters. The van der Waals surface area contributed by atoms with E-state index in [4.69, 9.17) is 9.52 Å². The lowest BCUT2D eigenvalue weighted by Gasteiger charge is -1.75. The highest BCUT2D eigenvalue weighted by atomic mass is 16.4. The van der Waals surface area contributed by atoms with Gasteiger partial charge in [0, 0.05) is 6.42 Å². The molecule has 1 N–H and O–H groups in total. The van der Waals surface area contributed by atoms with Crippen molar-refractivity contribution in [2.75, 3.05) is 0 Å². The Hall–Kier alpha value is -1.58. The van der Waals surface area contributed by atoms with Crippen molar-refractivity contribution in [3.63, 3.8) is 0 Å². The van der Waals surface area contributed by atoms with E-state index in [9.17, 15) is 9.59 Å². The van der Waals surface area contributed by atoms with Crippen LogP contribution in [0.5, 0.6) is 0 Å². The number of carbonyl (C=O) groups is 2. The Morgan fingerprint density at radius 3 is 2.31 bits per heavy atom. The molecule has 0 aliphatic carbocycles. The number of carbonyl (C=O) groups excluding carboxylic acids is 1. The monoisotopic (exact) mass is 184 g/mol. The third-order valence-corrected chi connectivity index (χ3v) is 1.18. The zero-order valence-electron chi connectivity index (χ0n) is 7.61. The standard InChI is InChI=1S/C6H6O2.C3H6O2/c1-5-2-3-6(4-7)8-5;1-2-3(4)5/h2-4H,1H3;2H2,1H3,(H,4,5). The van der Waals surface area contributed by atoms with E-state index in [0.717, 1.165) is 5.76 Å². The van der Waals surface area contributed by atoms with Crippen LogP contribution in [0.15, 0.2) is 16.5 Å². The fourth-order valence-corrected chi connectivity index (χ4v) is 0.517. The van der Waals surface area contributed by atoms with Gasteiger partial charge < -0.3 is 9.52 Å². The van der Waals surface area contributed by atoms with Gasteiger partial charge in [0.2, 0.25) is 0 Å². The fourth-order valence-electron chi connectivity index (χ4n) is 0.517. The van der Waals surface area contributed by atoms with Crippen LogP contribution < -0.4 is 0 Å². The van der Waals surface area contributed by atoms with Crippen molar-refractivity contribution in [2.45, 2.75) is 20.3 Å². The van der Waals surface area contributed by atoms with Crippen LogP contribution in [-0.4, -0.2) is 17.4 Å². The molecule has 0 saturated heterocycles. The van der Waals surface area contributed by atoms with E-state index in [1.807, 2.05) is 0 Å². The summed E-state index contributed by atoms with van der Waals surface area (Å²) in [5.74, 6) is 0.416. The van der Waals surface area contributed by atoms with Gasteiger partial charge in [0.1, 0.15) is 5.76 Å². The lowest BCUT2D eigenvalue weighted by Crippen LogP contribution is -1.86. The summed E-state index contributed by atoms with van der Waals surface area (Å²) in [4.78, 5) is 19.3. The lowest BCUT2D eigenvalue weighted by atomic mass is 10.5. The molecule has 4 heteroatoms. The summed E-state index contributed by atoms with van der Waals surface area (Å²) in [6.07, 6.45) is 0.910. The molecule has 13 heavy (non-hydrogen) atoms. The van der Waals surface area contributed by atoms with E-state index in [1.165, 1.54) is 0 Å². The van der Waals surface area contributed by atoms with Gasteiger partial charge in [-0.3, -0.25) is 9.59 Å². The van der Waals surface area contributed by atoms with E-state index in [0.29, 0.717) is 12.0 Å². The van der Waals surface area contributed by atoms with Crippen molar-refractivity contribution in [2.24, 2.45) is 0 Å². The van der Waals surface area contributed by atoms with Gasteiger partial charge in [-0.05, 0) is 19.1 Å². The SMILES string of the molecule is CCC(=O)O.Cc1ccc(C=O)o1. The Balaban J connectivity index is 0.000000252. The number of rotatable bonds is 2. The predicted molar refractivity (Wildman–Crippen MR) is 46.8 cm³/mol. The van der Waals surface area contributed by atoms with Crippen LogP contribution in [0, 0.1) is 6.92 Å². The van der Waals surface area contributed by atoms with Crippen molar-refractivity contribution < 1.29 is 19.1 Å². The smallest absolute Gasteiger partial charge is 0.303 e. The molecule has 1 rings (SSSR count). The highest BCUT2D eigenvalue weighted by Gasteiger charge is 1.91. The first-order chi connectivity index (χ1) is 6.10. The number of hydrogen-bond donors (Lipinski definition) is 1. The summed E-state index contributed by atoms with van der Waals surface area (Å²) in [7, 11) is 0. The van der Waals surface area contributed by atoms with Gasteiger partial charge in [-0.25, -0.2) is 0 Å².